The lowest BCUT2D eigenvalue weighted by atomic mass is 10.2. The van der Waals surface area contributed by atoms with Crippen LogP contribution >= 0.6 is 21.6 Å². The molecule has 0 amide bonds. The molecule has 0 saturated heterocycles. The molecule has 0 unspecified atom stereocenters. The minimum atomic E-state index is -1.04. The fourth-order valence-corrected chi connectivity index (χ4v) is 2.54. The van der Waals surface area contributed by atoms with Gasteiger partial charge in [0.2, 0.25) is 0 Å². The molecule has 5 nitrogen and oxygen atoms in total. The number of ether oxygens (including phenoxy) is 1. The lowest BCUT2D eigenvalue weighted by molar-refractivity contribution is -0.151. The van der Waals surface area contributed by atoms with Crippen molar-refractivity contribution in [3.63, 3.8) is 0 Å². The third kappa shape index (κ3) is 8.87. The lowest BCUT2D eigenvalue weighted by Gasteiger charge is -2.19. The van der Waals surface area contributed by atoms with Crippen molar-refractivity contribution in [3.8, 4) is 0 Å². The summed E-state index contributed by atoms with van der Waals surface area (Å²) in [7, 11) is 2.50. The molecular weight excluding hydrogens is 250 g/mol. The highest BCUT2D eigenvalue weighted by atomic mass is 33.1. The second kappa shape index (κ2) is 7.03. The van der Waals surface area contributed by atoms with Gasteiger partial charge in [0, 0.05) is 5.75 Å². The van der Waals surface area contributed by atoms with Crippen LogP contribution in [0.25, 0.3) is 0 Å². The zero-order chi connectivity index (χ0) is 12.8. The standard InChI is InChI=1S/C9H17NO4S2/c1-9(2,3)14-7(11)5-16-15-4-6(10)8(12)13/h6H,4-5,10H2,1-3H3,(H,12,13)/t6-/m0/s1. The van der Waals surface area contributed by atoms with Gasteiger partial charge in [-0.3, -0.25) is 9.59 Å². The summed E-state index contributed by atoms with van der Waals surface area (Å²) in [5.74, 6) is -0.892. The molecule has 0 aromatic heterocycles. The van der Waals surface area contributed by atoms with Gasteiger partial charge in [0.1, 0.15) is 17.4 Å². The van der Waals surface area contributed by atoms with E-state index in [0.717, 1.165) is 0 Å². The minimum Gasteiger partial charge on any atom is -0.480 e. The molecule has 0 rings (SSSR count). The molecule has 7 heteroatoms. The monoisotopic (exact) mass is 267 g/mol. The number of rotatable bonds is 6. The first kappa shape index (κ1) is 15.6. The van der Waals surface area contributed by atoms with Gasteiger partial charge >= 0.3 is 11.9 Å². The first-order chi connectivity index (χ1) is 7.22. The number of esters is 1. The van der Waals surface area contributed by atoms with E-state index in [1.807, 2.05) is 0 Å². The largest absolute Gasteiger partial charge is 0.480 e. The molecule has 94 valence electrons. The SMILES string of the molecule is CC(C)(C)OC(=O)CSSC[C@H](N)C(=O)O. The summed E-state index contributed by atoms with van der Waals surface area (Å²) in [6.45, 7) is 5.38. The fourth-order valence-electron chi connectivity index (χ4n) is 0.653. The summed E-state index contributed by atoms with van der Waals surface area (Å²) in [4.78, 5) is 21.6. The Morgan fingerprint density at radius 3 is 2.38 bits per heavy atom. The molecule has 0 aliphatic heterocycles. The summed E-state index contributed by atoms with van der Waals surface area (Å²) in [5, 5.41) is 8.50. The van der Waals surface area contributed by atoms with Crippen LogP contribution < -0.4 is 5.73 Å². The van der Waals surface area contributed by atoms with Gasteiger partial charge in [0.15, 0.2) is 0 Å². The second-order valence-electron chi connectivity index (χ2n) is 4.08. The van der Waals surface area contributed by atoms with Gasteiger partial charge in [-0.2, -0.15) is 0 Å². The van der Waals surface area contributed by atoms with Crippen LogP contribution in [0.2, 0.25) is 0 Å². The Kier molecular flexibility index (Phi) is 6.85. The van der Waals surface area contributed by atoms with E-state index in [9.17, 15) is 9.59 Å². The quantitative estimate of drug-likeness (QED) is 0.423. The van der Waals surface area contributed by atoms with Crippen molar-refractivity contribution in [1.29, 1.82) is 0 Å². The van der Waals surface area contributed by atoms with Crippen LogP contribution in [0.15, 0.2) is 0 Å². The van der Waals surface area contributed by atoms with Crippen molar-refractivity contribution in [1.82, 2.24) is 0 Å². The van der Waals surface area contributed by atoms with Crippen molar-refractivity contribution in [3.05, 3.63) is 0 Å². The predicted molar refractivity (Wildman–Crippen MR) is 66.4 cm³/mol. The Morgan fingerprint density at radius 2 is 1.94 bits per heavy atom. The Morgan fingerprint density at radius 1 is 1.38 bits per heavy atom. The van der Waals surface area contributed by atoms with E-state index in [4.69, 9.17) is 15.6 Å². The summed E-state index contributed by atoms with van der Waals surface area (Å²) >= 11 is 0. The van der Waals surface area contributed by atoms with Crippen molar-refractivity contribution in [2.24, 2.45) is 5.73 Å². The molecule has 0 heterocycles. The fraction of sp³-hybridized carbons (Fsp3) is 0.778. The molecule has 0 aromatic rings. The molecule has 0 spiro atoms. The molecule has 0 bridgehead atoms. The molecule has 0 aliphatic carbocycles. The van der Waals surface area contributed by atoms with Gasteiger partial charge in [-0.15, -0.1) is 0 Å². The number of nitrogens with two attached hydrogens (primary N) is 1. The highest BCUT2D eigenvalue weighted by molar-refractivity contribution is 8.76. The Bertz CT molecular complexity index is 252. The van der Waals surface area contributed by atoms with Gasteiger partial charge in [-0.05, 0) is 20.8 Å². The molecule has 1 atom stereocenters. The number of aliphatic carboxylic acids is 1. The van der Waals surface area contributed by atoms with Crippen LogP contribution in [0.5, 0.6) is 0 Å². The molecule has 16 heavy (non-hydrogen) atoms. The lowest BCUT2D eigenvalue weighted by Crippen LogP contribution is -2.32. The Labute approximate surface area is 103 Å². The van der Waals surface area contributed by atoms with E-state index in [-0.39, 0.29) is 17.5 Å². The number of carbonyl (C=O) groups is 2. The number of carboxylic acids is 1. The molecular formula is C9H17NO4S2. The first-order valence-electron chi connectivity index (χ1n) is 4.67. The van der Waals surface area contributed by atoms with Crippen LogP contribution in [0.1, 0.15) is 20.8 Å². The predicted octanol–water partition coefficient (Wildman–Crippen LogP) is 1.12. The summed E-state index contributed by atoms with van der Waals surface area (Å²) < 4.78 is 5.07. The highest BCUT2D eigenvalue weighted by Crippen LogP contribution is 2.22. The number of carbonyl (C=O) groups excluding carboxylic acids is 1. The summed E-state index contributed by atoms with van der Waals surface area (Å²) in [5.41, 5.74) is 4.80. The average Bonchev–Trinajstić information content (AvgIpc) is 2.08. The maximum Gasteiger partial charge on any atom is 0.321 e. The van der Waals surface area contributed by atoms with Crippen molar-refractivity contribution in [2.45, 2.75) is 32.4 Å². The molecule has 0 saturated carbocycles. The van der Waals surface area contributed by atoms with E-state index < -0.39 is 17.6 Å². The van der Waals surface area contributed by atoms with E-state index in [1.54, 1.807) is 20.8 Å². The number of hydrogen-bond donors (Lipinski definition) is 2. The summed E-state index contributed by atoms with van der Waals surface area (Å²) in [6.07, 6.45) is 0. The van der Waals surface area contributed by atoms with Gasteiger partial charge in [-0.1, -0.05) is 21.6 Å². The molecule has 0 aliphatic rings. The van der Waals surface area contributed by atoms with Crippen LogP contribution in [0.3, 0.4) is 0 Å². The second-order valence-corrected chi connectivity index (χ2v) is 6.59. The van der Waals surface area contributed by atoms with E-state index in [0.29, 0.717) is 0 Å². The Balaban J connectivity index is 3.60. The third-order valence-electron chi connectivity index (χ3n) is 1.24. The first-order valence-corrected chi connectivity index (χ1v) is 7.16. The van der Waals surface area contributed by atoms with Gasteiger partial charge in [0.25, 0.3) is 0 Å². The van der Waals surface area contributed by atoms with Crippen LogP contribution in [-0.2, 0) is 14.3 Å². The van der Waals surface area contributed by atoms with Crippen molar-refractivity contribution < 1.29 is 19.4 Å². The molecule has 0 fully saturated rings. The number of carboxylic acid groups (broad SMARTS) is 1. The van der Waals surface area contributed by atoms with Crippen molar-refractivity contribution >= 4 is 33.5 Å². The zero-order valence-corrected chi connectivity index (χ0v) is 11.2. The van der Waals surface area contributed by atoms with Crippen LogP contribution in [-0.4, -0.2) is 40.2 Å². The topological polar surface area (TPSA) is 89.6 Å². The van der Waals surface area contributed by atoms with Crippen LogP contribution in [0, 0.1) is 0 Å². The number of hydrogen-bond acceptors (Lipinski definition) is 6. The highest BCUT2D eigenvalue weighted by Gasteiger charge is 2.17. The third-order valence-corrected chi connectivity index (χ3v) is 3.52. The zero-order valence-electron chi connectivity index (χ0n) is 9.56. The molecule has 3 N–H and O–H groups in total. The molecule has 0 radical (unpaired) electrons. The molecule has 0 aromatic carbocycles. The van der Waals surface area contributed by atoms with Gasteiger partial charge in [0.05, 0.1) is 0 Å². The van der Waals surface area contributed by atoms with Crippen molar-refractivity contribution in [2.75, 3.05) is 11.5 Å². The van der Waals surface area contributed by atoms with E-state index >= 15 is 0 Å². The Hall–Kier alpha value is -0.400. The minimum absolute atomic E-state index is 0.189. The van der Waals surface area contributed by atoms with Gasteiger partial charge < -0.3 is 15.6 Å². The summed E-state index contributed by atoms with van der Waals surface area (Å²) in [6, 6.07) is -0.892. The van der Waals surface area contributed by atoms with E-state index in [2.05, 4.69) is 0 Å². The van der Waals surface area contributed by atoms with E-state index in [1.165, 1.54) is 21.6 Å². The van der Waals surface area contributed by atoms with Crippen LogP contribution in [0.4, 0.5) is 0 Å². The average molecular weight is 267 g/mol. The smallest absolute Gasteiger partial charge is 0.321 e. The van der Waals surface area contributed by atoms with Gasteiger partial charge in [-0.25, -0.2) is 0 Å². The maximum atomic E-state index is 11.2. The maximum absolute atomic E-state index is 11.2. The normalized spacial score (nSPS) is 13.2.